The highest BCUT2D eigenvalue weighted by Crippen LogP contribution is 2.18. The molecule has 0 bridgehead atoms. The van der Waals surface area contributed by atoms with Gasteiger partial charge in [-0.15, -0.1) is 11.3 Å². The van der Waals surface area contributed by atoms with Crippen LogP contribution in [0.15, 0.2) is 16.7 Å². The molecule has 0 saturated heterocycles. The summed E-state index contributed by atoms with van der Waals surface area (Å²) in [6, 6.07) is 0. The predicted octanol–water partition coefficient (Wildman–Crippen LogP) is 0.935. The third-order valence-corrected chi connectivity index (χ3v) is 4.25. The summed E-state index contributed by atoms with van der Waals surface area (Å²) in [4.78, 5) is 17.5. The second-order valence-electron chi connectivity index (χ2n) is 5.34. The van der Waals surface area contributed by atoms with Crippen LogP contribution in [0.5, 0.6) is 0 Å². The van der Waals surface area contributed by atoms with Crippen LogP contribution in [0.4, 0.5) is 5.13 Å². The summed E-state index contributed by atoms with van der Waals surface area (Å²) in [5.74, 6) is 1.72. The van der Waals surface area contributed by atoms with Gasteiger partial charge in [0.2, 0.25) is 0 Å². The lowest BCUT2D eigenvalue weighted by Gasteiger charge is -2.21. The number of hydrogen-bond donors (Lipinski definition) is 1. The van der Waals surface area contributed by atoms with E-state index in [9.17, 15) is 0 Å². The Bertz CT molecular complexity index is 645. The zero-order valence-corrected chi connectivity index (χ0v) is 15.1. The van der Waals surface area contributed by atoms with E-state index >= 15 is 0 Å². The minimum atomic E-state index is 0.551. The van der Waals surface area contributed by atoms with Crippen LogP contribution < -0.4 is 10.2 Å². The maximum absolute atomic E-state index is 4.67. The first kappa shape index (κ1) is 17.2. The molecule has 126 valence electrons. The fourth-order valence-corrected chi connectivity index (χ4v) is 2.70. The number of rotatable bonds is 6. The van der Waals surface area contributed by atoms with Crippen molar-refractivity contribution < 1.29 is 0 Å². The van der Waals surface area contributed by atoms with Crippen molar-refractivity contribution in [3.05, 3.63) is 23.2 Å². The van der Waals surface area contributed by atoms with Gasteiger partial charge in [0.05, 0.1) is 18.8 Å². The Morgan fingerprint density at radius 2 is 2.17 bits per heavy atom. The largest absolute Gasteiger partial charge is 0.357 e. The lowest BCUT2D eigenvalue weighted by Crippen LogP contribution is -2.39. The molecule has 2 aromatic heterocycles. The summed E-state index contributed by atoms with van der Waals surface area (Å²) in [7, 11) is 7.86. The fraction of sp³-hybridized carbons (Fsp3) is 0.571. The minimum absolute atomic E-state index is 0.551. The zero-order chi connectivity index (χ0) is 16.8. The van der Waals surface area contributed by atoms with Crippen LogP contribution in [0.2, 0.25) is 0 Å². The molecular formula is C14H24N8S. The number of aromatic nitrogens is 4. The number of thiazole rings is 1. The molecule has 0 atom stereocenters. The van der Waals surface area contributed by atoms with Gasteiger partial charge in [-0.1, -0.05) is 0 Å². The van der Waals surface area contributed by atoms with Crippen molar-refractivity contribution in [1.82, 2.24) is 30.0 Å². The van der Waals surface area contributed by atoms with Crippen molar-refractivity contribution in [3.8, 4) is 0 Å². The summed E-state index contributed by atoms with van der Waals surface area (Å²) in [6.45, 7) is 4.05. The monoisotopic (exact) mass is 336 g/mol. The Balaban J connectivity index is 2.05. The van der Waals surface area contributed by atoms with E-state index in [0.29, 0.717) is 13.1 Å². The molecule has 0 fully saturated rings. The maximum Gasteiger partial charge on any atom is 0.194 e. The second kappa shape index (κ2) is 7.91. The third-order valence-electron chi connectivity index (χ3n) is 3.19. The lowest BCUT2D eigenvalue weighted by molar-refractivity contribution is 0.448. The Morgan fingerprint density at radius 3 is 2.74 bits per heavy atom. The molecule has 0 aliphatic heterocycles. The minimum Gasteiger partial charge on any atom is -0.357 e. The standard InChI is InChI=1S/C14H24N8S/c1-6-15-13(21(4)8-12-17-10-18-22(12)5)16-7-11-9-23-14(19-11)20(2)3/h9-10H,6-8H2,1-5H3,(H,15,16). The van der Waals surface area contributed by atoms with E-state index < -0.39 is 0 Å². The number of anilines is 1. The molecule has 0 aliphatic rings. The first-order chi connectivity index (χ1) is 11.0. The maximum atomic E-state index is 4.67. The average molecular weight is 336 g/mol. The van der Waals surface area contributed by atoms with E-state index in [4.69, 9.17) is 0 Å². The van der Waals surface area contributed by atoms with Crippen LogP contribution in [0.25, 0.3) is 0 Å². The van der Waals surface area contributed by atoms with Crippen LogP contribution in [0.3, 0.4) is 0 Å². The van der Waals surface area contributed by atoms with Gasteiger partial charge in [0.25, 0.3) is 0 Å². The molecule has 0 spiro atoms. The molecular weight excluding hydrogens is 312 g/mol. The molecule has 0 amide bonds. The number of hydrogen-bond acceptors (Lipinski definition) is 6. The van der Waals surface area contributed by atoms with Crippen molar-refractivity contribution in [2.24, 2.45) is 12.0 Å². The van der Waals surface area contributed by atoms with Gasteiger partial charge in [0.15, 0.2) is 11.1 Å². The van der Waals surface area contributed by atoms with Crippen LogP contribution in [-0.4, -0.2) is 58.3 Å². The van der Waals surface area contributed by atoms with E-state index in [2.05, 4.69) is 32.3 Å². The van der Waals surface area contributed by atoms with Gasteiger partial charge in [0, 0.05) is 40.1 Å². The van der Waals surface area contributed by atoms with Crippen LogP contribution in [-0.2, 0) is 20.1 Å². The normalized spacial score (nSPS) is 11.6. The molecule has 0 aromatic carbocycles. The van der Waals surface area contributed by atoms with Gasteiger partial charge in [-0.25, -0.2) is 15.0 Å². The van der Waals surface area contributed by atoms with Crippen molar-refractivity contribution in [2.45, 2.75) is 20.0 Å². The summed E-state index contributed by atoms with van der Waals surface area (Å²) < 4.78 is 1.77. The van der Waals surface area contributed by atoms with E-state index in [1.54, 1.807) is 22.3 Å². The molecule has 2 heterocycles. The summed E-state index contributed by atoms with van der Waals surface area (Å²) in [5.41, 5.74) is 0.973. The number of aliphatic imine (C=N–C) groups is 1. The third kappa shape index (κ3) is 4.65. The average Bonchev–Trinajstić information content (AvgIpc) is 3.13. The Morgan fingerprint density at radius 1 is 1.39 bits per heavy atom. The second-order valence-corrected chi connectivity index (χ2v) is 6.18. The molecule has 2 rings (SSSR count). The summed E-state index contributed by atoms with van der Waals surface area (Å²) in [5, 5.41) is 10.4. The van der Waals surface area contributed by atoms with Crippen molar-refractivity contribution >= 4 is 22.4 Å². The highest BCUT2D eigenvalue weighted by Gasteiger charge is 2.10. The number of nitrogens with zero attached hydrogens (tertiary/aromatic N) is 7. The molecule has 0 aliphatic carbocycles. The smallest absolute Gasteiger partial charge is 0.194 e. The quantitative estimate of drug-likeness (QED) is 0.625. The number of guanidine groups is 1. The van der Waals surface area contributed by atoms with E-state index in [0.717, 1.165) is 29.2 Å². The SMILES string of the molecule is CCNC(=NCc1csc(N(C)C)n1)N(C)Cc1ncnn1C. The number of nitrogens with one attached hydrogen (secondary N) is 1. The highest BCUT2D eigenvalue weighted by molar-refractivity contribution is 7.13. The van der Waals surface area contributed by atoms with Crippen LogP contribution in [0.1, 0.15) is 18.4 Å². The Labute approximate surface area is 140 Å². The first-order valence-electron chi connectivity index (χ1n) is 7.45. The van der Waals surface area contributed by atoms with E-state index in [1.165, 1.54) is 0 Å². The van der Waals surface area contributed by atoms with Gasteiger partial charge in [-0.3, -0.25) is 4.68 Å². The van der Waals surface area contributed by atoms with Crippen molar-refractivity contribution in [3.63, 3.8) is 0 Å². The van der Waals surface area contributed by atoms with Gasteiger partial charge in [-0.2, -0.15) is 5.10 Å². The Hall–Kier alpha value is -2.16. The van der Waals surface area contributed by atoms with Gasteiger partial charge in [-0.05, 0) is 6.92 Å². The summed E-state index contributed by atoms with van der Waals surface area (Å²) in [6.07, 6.45) is 1.56. The van der Waals surface area contributed by atoms with Crippen LogP contribution in [0, 0.1) is 0 Å². The van der Waals surface area contributed by atoms with Crippen molar-refractivity contribution in [2.75, 3.05) is 32.6 Å². The van der Waals surface area contributed by atoms with E-state index in [1.807, 2.05) is 43.4 Å². The first-order valence-corrected chi connectivity index (χ1v) is 8.33. The molecule has 23 heavy (non-hydrogen) atoms. The van der Waals surface area contributed by atoms with Gasteiger partial charge in [0.1, 0.15) is 12.2 Å². The molecule has 2 aromatic rings. The summed E-state index contributed by atoms with van der Waals surface area (Å²) >= 11 is 1.63. The molecule has 0 radical (unpaired) electrons. The zero-order valence-electron chi connectivity index (χ0n) is 14.3. The predicted molar refractivity (Wildman–Crippen MR) is 93.7 cm³/mol. The highest BCUT2D eigenvalue weighted by atomic mass is 32.1. The fourth-order valence-electron chi connectivity index (χ4n) is 1.95. The molecule has 0 unspecified atom stereocenters. The Kier molecular flexibility index (Phi) is 5.91. The van der Waals surface area contributed by atoms with Gasteiger partial charge < -0.3 is 15.1 Å². The van der Waals surface area contributed by atoms with E-state index in [-0.39, 0.29) is 0 Å². The van der Waals surface area contributed by atoms with Crippen molar-refractivity contribution in [1.29, 1.82) is 0 Å². The molecule has 8 nitrogen and oxygen atoms in total. The molecule has 0 saturated carbocycles. The number of aryl methyl sites for hydroxylation is 1. The van der Waals surface area contributed by atoms with Crippen LogP contribution >= 0.6 is 11.3 Å². The molecule has 1 N–H and O–H groups in total. The molecule has 9 heteroatoms. The lowest BCUT2D eigenvalue weighted by atomic mass is 10.5. The van der Waals surface area contributed by atoms with Gasteiger partial charge >= 0.3 is 0 Å². The topological polar surface area (TPSA) is 74.5 Å².